The van der Waals surface area contributed by atoms with E-state index < -0.39 is 0 Å². The molecule has 1 aromatic rings. The third kappa shape index (κ3) is 3.40. The summed E-state index contributed by atoms with van der Waals surface area (Å²) < 4.78 is 5.23. The second-order valence-corrected chi connectivity index (χ2v) is 4.29. The van der Waals surface area contributed by atoms with E-state index in [1.807, 2.05) is 20.8 Å². The van der Waals surface area contributed by atoms with Crippen LogP contribution in [0.25, 0.3) is 0 Å². The highest BCUT2D eigenvalue weighted by Crippen LogP contribution is 2.11. The minimum Gasteiger partial charge on any atom is -0.456 e. The van der Waals surface area contributed by atoms with Gasteiger partial charge in [-0.2, -0.15) is 0 Å². The fraction of sp³-hybridized carbons (Fsp3) is 0.545. The van der Waals surface area contributed by atoms with E-state index in [4.69, 9.17) is 10.2 Å². The Kier molecular flexibility index (Phi) is 3.52. The van der Waals surface area contributed by atoms with Crippen LogP contribution in [-0.2, 0) is 0 Å². The highest BCUT2D eigenvalue weighted by atomic mass is 16.3. The zero-order valence-electron chi connectivity index (χ0n) is 9.46. The van der Waals surface area contributed by atoms with Crippen LogP contribution in [0.15, 0.2) is 16.5 Å². The van der Waals surface area contributed by atoms with E-state index in [1.54, 1.807) is 12.1 Å². The highest BCUT2D eigenvalue weighted by Gasteiger charge is 2.21. The van der Waals surface area contributed by atoms with E-state index in [9.17, 15) is 4.79 Å². The molecule has 0 saturated heterocycles. The average molecular weight is 210 g/mol. The van der Waals surface area contributed by atoms with E-state index in [0.29, 0.717) is 12.3 Å². The van der Waals surface area contributed by atoms with Crippen molar-refractivity contribution >= 4 is 5.91 Å². The molecule has 0 atom stereocenters. The number of nitrogens with two attached hydrogens (primary N) is 1. The summed E-state index contributed by atoms with van der Waals surface area (Å²) in [5.41, 5.74) is 5.16. The number of furan rings is 1. The summed E-state index contributed by atoms with van der Waals surface area (Å²) in [6.45, 7) is 6.23. The summed E-state index contributed by atoms with van der Waals surface area (Å²) in [5, 5.41) is 2.87. The van der Waals surface area contributed by atoms with Crippen LogP contribution in [0.2, 0.25) is 0 Å². The van der Waals surface area contributed by atoms with Gasteiger partial charge in [-0.3, -0.25) is 4.79 Å². The van der Waals surface area contributed by atoms with Crippen LogP contribution in [0.4, 0.5) is 0 Å². The van der Waals surface area contributed by atoms with Gasteiger partial charge < -0.3 is 15.5 Å². The second-order valence-electron chi connectivity index (χ2n) is 4.29. The smallest absolute Gasteiger partial charge is 0.287 e. The van der Waals surface area contributed by atoms with Gasteiger partial charge in [-0.15, -0.1) is 0 Å². The summed E-state index contributed by atoms with van der Waals surface area (Å²) in [6, 6.07) is 3.44. The molecule has 0 spiro atoms. The Morgan fingerprint density at radius 1 is 1.53 bits per heavy atom. The molecule has 0 aromatic carbocycles. The van der Waals surface area contributed by atoms with Crippen LogP contribution in [0.1, 0.15) is 36.6 Å². The third-order valence-electron chi connectivity index (χ3n) is 2.19. The van der Waals surface area contributed by atoms with Crippen LogP contribution < -0.4 is 11.1 Å². The minimum atomic E-state index is -0.299. The molecule has 4 nitrogen and oxygen atoms in total. The van der Waals surface area contributed by atoms with Gasteiger partial charge in [0.15, 0.2) is 5.76 Å². The van der Waals surface area contributed by atoms with E-state index in [2.05, 4.69) is 5.32 Å². The van der Waals surface area contributed by atoms with Crippen LogP contribution in [0.5, 0.6) is 0 Å². The van der Waals surface area contributed by atoms with E-state index >= 15 is 0 Å². The van der Waals surface area contributed by atoms with Crippen molar-refractivity contribution in [2.75, 3.05) is 6.54 Å². The largest absolute Gasteiger partial charge is 0.456 e. The predicted molar refractivity (Wildman–Crippen MR) is 58.7 cm³/mol. The molecule has 0 aliphatic rings. The van der Waals surface area contributed by atoms with Gasteiger partial charge in [0.05, 0.1) is 0 Å². The Labute approximate surface area is 89.8 Å². The zero-order chi connectivity index (χ0) is 11.5. The number of rotatable bonds is 4. The molecule has 15 heavy (non-hydrogen) atoms. The van der Waals surface area contributed by atoms with Crippen LogP contribution in [-0.4, -0.2) is 18.0 Å². The van der Waals surface area contributed by atoms with Crippen molar-refractivity contribution in [1.29, 1.82) is 0 Å². The maximum atomic E-state index is 11.7. The molecule has 1 aromatic heterocycles. The number of carbonyl (C=O) groups excluding carboxylic acids is 1. The standard InChI is InChI=1S/C11H18N2O2/c1-8-4-5-9(15-8)10(14)13-11(2,3)6-7-12/h4-5H,6-7,12H2,1-3H3,(H,13,14). The van der Waals surface area contributed by atoms with Gasteiger partial charge >= 0.3 is 0 Å². The third-order valence-corrected chi connectivity index (χ3v) is 2.19. The maximum Gasteiger partial charge on any atom is 0.287 e. The number of amides is 1. The average Bonchev–Trinajstić information content (AvgIpc) is 2.50. The number of hydrogen-bond donors (Lipinski definition) is 2. The molecule has 4 heteroatoms. The molecular weight excluding hydrogens is 192 g/mol. The van der Waals surface area contributed by atoms with Crippen LogP contribution >= 0.6 is 0 Å². The number of nitrogens with one attached hydrogen (secondary N) is 1. The first-order valence-electron chi connectivity index (χ1n) is 5.03. The molecular formula is C11H18N2O2. The van der Waals surface area contributed by atoms with Crippen molar-refractivity contribution in [3.05, 3.63) is 23.7 Å². The Morgan fingerprint density at radius 3 is 2.67 bits per heavy atom. The first-order chi connectivity index (χ1) is 6.94. The lowest BCUT2D eigenvalue weighted by Gasteiger charge is -2.24. The summed E-state index contributed by atoms with van der Waals surface area (Å²) in [4.78, 5) is 11.7. The minimum absolute atomic E-state index is 0.193. The van der Waals surface area contributed by atoms with Gasteiger partial charge in [0.1, 0.15) is 5.76 Å². The first-order valence-corrected chi connectivity index (χ1v) is 5.03. The lowest BCUT2D eigenvalue weighted by atomic mass is 10.0. The SMILES string of the molecule is Cc1ccc(C(=O)NC(C)(C)CCN)o1. The fourth-order valence-corrected chi connectivity index (χ4v) is 1.35. The molecule has 0 fully saturated rings. The van der Waals surface area contributed by atoms with Gasteiger partial charge in [0.25, 0.3) is 5.91 Å². The van der Waals surface area contributed by atoms with Crippen molar-refractivity contribution in [2.24, 2.45) is 5.73 Å². The molecule has 84 valence electrons. The van der Waals surface area contributed by atoms with Gasteiger partial charge in [0, 0.05) is 5.54 Å². The topological polar surface area (TPSA) is 68.3 Å². The molecule has 1 rings (SSSR count). The molecule has 1 amide bonds. The summed E-state index contributed by atoms with van der Waals surface area (Å²) >= 11 is 0. The Bertz CT molecular complexity index is 342. The normalized spacial score (nSPS) is 11.5. The van der Waals surface area contributed by atoms with Gasteiger partial charge in [-0.05, 0) is 45.9 Å². The molecule has 3 N–H and O–H groups in total. The van der Waals surface area contributed by atoms with Gasteiger partial charge in [-0.1, -0.05) is 0 Å². The van der Waals surface area contributed by atoms with Crippen LogP contribution in [0, 0.1) is 6.92 Å². The van der Waals surface area contributed by atoms with E-state index in [1.165, 1.54) is 0 Å². The number of aryl methyl sites for hydroxylation is 1. The molecule has 0 saturated carbocycles. The lowest BCUT2D eigenvalue weighted by Crippen LogP contribution is -2.44. The molecule has 0 aliphatic carbocycles. The number of hydrogen-bond acceptors (Lipinski definition) is 3. The monoisotopic (exact) mass is 210 g/mol. The predicted octanol–water partition coefficient (Wildman–Crippen LogP) is 1.45. The van der Waals surface area contributed by atoms with Crippen molar-refractivity contribution in [2.45, 2.75) is 32.7 Å². The maximum absolute atomic E-state index is 11.7. The molecule has 1 heterocycles. The summed E-state index contributed by atoms with van der Waals surface area (Å²) in [5.74, 6) is 0.885. The highest BCUT2D eigenvalue weighted by molar-refractivity contribution is 5.91. The second kappa shape index (κ2) is 4.49. The summed E-state index contributed by atoms with van der Waals surface area (Å²) in [6.07, 6.45) is 0.735. The van der Waals surface area contributed by atoms with Crippen molar-refractivity contribution in [3.63, 3.8) is 0 Å². The molecule has 0 aliphatic heterocycles. The first kappa shape index (κ1) is 11.8. The van der Waals surface area contributed by atoms with Crippen molar-refractivity contribution in [1.82, 2.24) is 5.32 Å². The van der Waals surface area contributed by atoms with E-state index in [0.717, 1.165) is 12.2 Å². The molecule has 0 bridgehead atoms. The van der Waals surface area contributed by atoms with Crippen LogP contribution in [0.3, 0.4) is 0 Å². The fourth-order valence-electron chi connectivity index (χ4n) is 1.35. The van der Waals surface area contributed by atoms with Crippen molar-refractivity contribution in [3.8, 4) is 0 Å². The zero-order valence-corrected chi connectivity index (χ0v) is 9.46. The Morgan fingerprint density at radius 2 is 2.20 bits per heavy atom. The van der Waals surface area contributed by atoms with Crippen molar-refractivity contribution < 1.29 is 9.21 Å². The summed E-state index contributed by atoms with van der Waals surface area (Å²) in [7, 11) is 0. The Hall–Kier alpha value is -1.29. The number of carbonyl (C=O) groups is 1. The van der Waals surface area contributed by atoms with E-state index in [-0.39, 0.29) is 11.4 Å². The quantitative estimate of drug-likeness (QED) is 0.790. The van der Waals surface area contributed by atoms with Gasteiger partial charge in [-0.25, -0.2) is 0 Å². The molecule has 0 radical (unpaired) electrons. The Balaban J connectivity index is 2.63. The van der Waals surface area contributed by atoms with Gasteiger partial charge in [0.2, 0.25) is 0 Å². The molecule has 0 unspecified atom stereocenters. The lowest BCUT2D eigenvalue weighted by molar-refractivity contribution is 0.0880.